The summed E-state index contributed by atoms with van der Waals surface area (Å²) in [5.74, 6) is 0.677. The third-order valence-corrected chi connectivity index (χ3v) is 6.69. The average Bonchev–Trinajstić information content (AvgIpc) is 3.39. The maximum absolute atomic E-state index is 12.6. The van der Waals surface area contributed by atoms with Crippen LogP contribution in [-0.4, -0.2) is 31.6 Å². The highest BCUT2D eigenvalue weighted by molar-refractivity contribution is 5.96. The molecule has 0 spiro atoms. The third kappa shape index (κ3) is 6.57. The lowest BCUT2D eigenvalue weighted by atomic mass is 9.98. The molecule has 3 N–H and O–H groups in total. The first-order chi connectivity index (χ1) is 18.1. The highest BCUT2D eigenvalue weighted by Crippen LogP contribution is 2.27. The molecule has 3 aromatic carbocycles. The minimum atomic E-state index is -0.452. The van der Waals surface area contributed by atoms with Crippen molar-refractivity contribution in [3.63, 3.8) is 0 Å². The highest BCUT2D eigenvalue weighted by Gasteiger charge is 2.17. The van der Waals surface area contributed by atoms with E-state index in [1.807, 2.05) is 72.8 Å². The topological polar surface area (TPSA) is 92.6 Å². The van der Waals surface area contributed by atoms with E-state index in [-0.39, 0.29) is 12.5 Å². The van der Waals surface area contributed by atoms with E-state index in [1.165, 1.54) is 0 Å². The summed E-state index contributed by atoms with van der Waals surface area (Å²) in [6.45, 7) is 3.30. The summed E-state index contributed by atoms with van der Waals surface area (Å²) in [5, 5.41) is 10.0. The molecule has 2 heterocycles. The van der Waals surface area contributed by atoms with Gasteiger partial charge in [0.05, 0.1) is 0 Å². The lowest BCUT2D eigenvalue weighted by Crippen LogP contribution is -2.35. The Labute approximate surface area is 216 Å². The standard InChI is InChI=1S/C30H31N3O4/c34-29(32-18-22-12-14-31-15-13-22)28-17-26-11-10-25(16-27(26)37-28)24-8-6-21(7-9-24)19-33-30(35)36-20-23-4-2-1-3-5-23/h1-11,16-17,22,31H,12-15,18-20H2,(H,32,34)(H,33,35). The molecule has 37 heavy (non-hydrogen) atoms. The second-order valence-electron chi connectivity index (χ2n) is 9.38. The number of furan rings is 1. The van der Waals surface area contributed by atoms with Gasteiger partial charge in [0.15, 0.2) is 5.76 Å². The molecule has 2 amide bonds. The number of fused-ring (bicyclic) bond motifs is 1. The zero-order valence-electron chi connectivity index (χ0n) is 20.7. The molecule has 0 atom stereocenters. The first-order valence-corrected chi connectivity index (χ1v) is 12.7. The van der Waals surface area contributed by atoms with Crippen molar-refractivity contribution >= 4 is 23.0 Å². The number of hydrogen-bond donors (Lipinski definition) is 3. The van der Waals surface area contributed by atoms with Crippen molar-refractivity contribution in [2.45, 2.75) is 26.0 Å². The molecule has 0 unspecified atom stereocenters. The smallest absolute Gasteiger partial charge is 0.407 e. The summed E-state index contributed by atoms with van der Waals surface area (Å²) in [7, 11) is 0. The van der Waals surface area contributed by atoms with Crippen LogP contribution in [0.25, 0.3) is 22.1 Å². The molecular formula is C30H31N3O4. The van der Waals surface area contributed by atoms with E-state index >= 15 is 0 Å². The van der Waals surface area contributed by atoms with E-state index in [9.17, 15) is 9.59 Å². The van der Waals surface area contributed by atoms with Gasteiger partial charge in [-0.2, -0.15) is 0 Å². The minimum Gasteiger partial charge on any atom is -0.451 e. The molecule has 190 valence electrons. The summed E-state index contributed by atoms with van der Waals surface area (Å²) in [6.07, 6.45) is 1.71. The molecular weight excluding hydrogens is 466 g/mol. The number of ether oxygens (including phenoxy) is 1. The Bertz CT molecular complexity index is 1340. The van der Waals surface area contributed by atoms with E-state index in [2.05, 4.69) is 16.0 Å². The van der Waals surface area contributed by atoms with E-state index in [4.69, 9.17) is 9.15 Å². The molecule has 7 heteroatoms. The second kappa shape index (κ2) is 11.8. The molecule has 0 saturated carbocycles. The quantitative estimate of drug-likeness (QED) is 0.309. The van der Waals surface area contributed by atoms with Gasteiger partial charge in [-0.3, -0.25) is 4.79 Å². The number of hydrogen-bond acceptors (Lipinski definition) is 5. The Morgan fingerprint density at radius 2 is 1.62 bits per heavy atom. The molecule has 1 aliphatic rings. The van der Waals surface area contributed by atoms with Crippen molar-refractivity contribution < 1.29 is 18.7 Å². The Balaban J connectivity index is 1.15. The summed E-state index contributed by atoms with van der Waals surface area (Å²) in [4.78, 5) is 24.6. The van der Waals surface area contributed by atoms with Gasteiger partial charge in [0, 0.05) is 18.5 Å². The number of amides is 2. The second-order valence-corrected chi connectivity index (χ2v) is 9.38. The minimum absolute atomic E-state index is 0.171. The molecule has 5 rings (SSSR count). The molecule has 4 aromatic rings. The highest BCUT2D eigenvalue weighted by atomic mass is 16.5. The average molecular weight is 498 g/mol. The molecule has 0 aliphatic carbocycles. The summed E-state index contributed by atoms with van der Waals surface area (Å²) in [5.41, 5.74) is 4.60. The van der Waals surface area contributed by atoms with Crippen LogP contribution in [0.5, 0.6) is 0 Å². The van der Waals surface area contributed by atoms with E-state index in [0.29, 0.717) is 30.4 Å². The Morgan fingerprint density at radius 1 is 0.865 bits per heavy atom. The molecule has 7 nitrogen and oxygen atoms in total. The normalized spacial score (nSPS) is 13.8. The number of benzene rings is 3. The van der Waals surface area contributed by atoms with Crippen molar-refractivity contribution in [1.29, 1.82) is 0 Å². The number of alkyl carbamates (subject to hydrolysis) is 1. The van der Waals surface area contributed by atoms with Gasteiger partial charge in [-0.1, -0.05) is 66.7 Å². The Morgan fingerprint density at radius 3 is 2.41 bits per heavy atom. The number of nitrogens with one attached hydrogen (secondary N) is 3. The van der Waals surface area contributed by atoms with Gasteiger partial charge in [0.25, 0.3) is 5.91 Å². The van der Waals surface area contributed by atoms with Crippen LogP contribution in [0.3, 0.4) is 0 Å². The third-order valence-electron chi connectivity index (χ3n) is 6.69. The fraction of sp³-hybridized carbons (Fsp3) is 0.267. The Kier molecular flexibility index (Phi) is 7.81. The molecule has 1 aromatic heterocycles. The van der Waals surface area contributed by atoms with Crippen molar-refractivity contribution in [1.82, 2.24) is 16.0 Å². The summed E-state index contributed by atoms with van der Waals surface area (Å²) in [6, 6.07) is 25.3. The van der Waals surface area contributed by atoms with Crippen LogP contribution in [0.2, 0.25) is 0 Å². The van der Waals surface area contributed by atoms with Crippen molar-refractivity contribution in [3.8, 4) is 11.1 Å². The van der Waals surface area contributed by atoms with E-state index in [0.717, 1.165) is 53.6 Å². The number of rotatable bonds is 8. The van der Waals surface area contributed by atoms with Crippen LogP contribution in [-0.2, 0) is 17.9 Å². The maximum atomic E-state index is 12.6. The molecule has 1 saturated heterocycles. The number of carbonyl (C=O) groups is 2. The first kappa shape index (κ1) is 24.6. The lowest BCUT2D eigenvalue weighted by molar-refractivity contribution is 0.0918. The van der Waals surface area contributed by atoms with Gasteiger partial charge in [0.2, 0.25) is 0 Å². The fourth-order valence-electron chi connectivity index (χ4n) is 4.50. The van der Waals surface area contributed by atoms with Gasteiger partial charge in [-0.05, 0) is 66.2 Å². The van der Waals surface area contributed by atoms with Crippen LogP contribution in [0.4, 0.5) is 4.79 Å². The predicted octanol–water partition coefficient (Wildman–Crippen LogP) is 5.26. The molecule has 0 bridgehead atoms. The number of carbonyl (C=O) groups excluding carboxylic acids is 2. The van der Waals surface area contributed by atoms with Crippen LogP contribution in [0.1, 0.15) is 34.5 Å². The van der Waals surface area contributed by atoms with Crippen LogP contribution >= 0.6 is 0 Å². The zero-order chi connectivity index (χ0) is 25.5. The van der Waals surface area contributed by atoms with Crippen LogP contribution in [0, 0.1) is 5.92 Å². The molecule has 0 radical (unpaired) electrons. The largest absolute Gasteiger partial charge is 0.451 e. The predicted molar refractivity (Wildman–Crippen MR) is 143 cm³/mol. The van der Waals surface area contributed by atoms with E-state index < -0.39 is 6.09 Å². The van der Waals surface area contributed by atoms with Crippen LogP contribution in [0.15, 0.2) is 83.3 Å². The molecule has 1 aliphatic heterocycles. The van der Waals surface area contributed by atoms with Crippen LogP contribution < -0.4 is 16.0 Å². The maximum Gasteiger partial charge on any atom is 0.407 e. The van der Waals surface area contributed by atoms with Gasteiger partial charge < -0.3 is 25.1 Å². The van der Waals surface area contributed by atoms with Crippen molar-refractivity contribution in [3.05, 3.63) is 95.7 Å². The van der Waals surface area contributed by atoms with Gasteiger partial charge in [-0.15, -0.1) is 0 Å². The van der Waals surface area contributed by atoms with Gasteiger partial charge in [-0.25, -0.2) is 4.79 Å². The first-order valence-electron chi connectivity index (χ1n) is 12.7. The van der Waals surface area contributed by atoms with Gasteiger partial charge >= 0.3 is 6.09 Å². The number of piperidine rings is 1. The molecule has 1 fully saturated rings. The van der Waals surface area contributed by atoms with Gasteiger partial charge in [0.1, 0.15) is 12.2 Å². The van der Waals surface area contributed by atoms with Crippen molar-refractivity contribution in [2.24, 2.45) is 5.92 Å². The summed E-state index contributed by atoms with van der Waals surface area (Å²) < 4.78 is 11.1. The van der Waals surface area contributed by atoms with E-state index in [1.54, 1.807) is 6.07 Å². The fourth-order valence-corrected chi connectivity index (χ4v) is 4.50. The SMILES string of the molecule is O=C(NCc1ccc(-c2ccc3cc(C(=O)NCC4CCNCC4)oc3c2)cc1)OCc1ccccc1. The Hall–Kier alpha value is -4.10. The van der Waals surface area contributed by atoms with Crippen molar-refractivity contribution in [2.75, 3.05) is 19.6 Å². The monoisotopic (exact) mass is 497 g/mol. The lowest BCUT2D eigenvalue weighted by Gasteiger charge is -2.22. The summed E-state index contributed by atoms with van der Waals surface area (Å²) >= 11 is 0. The zero-order valence-corrected chi connectivity index (χ0v) is 20.7.